The van der Waals surface area contributed by atoms with Crippen LogP contribution in [0.4, 0.5) is 16.2 Å². The Morgan fingerprint density at radius 1 is 1.22 bits per heavy atom. The van der Waals surface area contributed by atoms with Crippen LogP contribution in [0.3, 0.4) is 0 Å². The molecular weight excluding hydrogens is 294 g/mol. The van der Waals surface area contributed by atoms with E-state index in [0.29, 0.717) is 35.7 Å². The number of nitrogens with one attached hydrogen (secondary N) is 1. The van der Waals surface area contributed by atoms with E-state index in [1.807, 2.05) is 6.07 Å². The van der Waals surface area contributed by atoms with Gasteiger partial charge in [-0.1, -0.05) is 6.07 Å². The summed E-state index contributed by atoms with van der Waals surface area (Å²) < 4.78 is 4.91. The molecule has 6 heteroatoms. The Balaban J connectivity index is 1.75. The number of nitrogens with zero attached hydrogens (tertiary/aromatic N) is 2. The second-order valence-corrected chi connectivity index (χ2v) is 4.96. The lowest BCUT2D eigenvalue weighted by molar-refractivity contribution is 0.102. The van der Waals surface area contributed by atoms with Gasteiger partial charge < -0.3 is 10.1 Å². The van der Waals surface area contributed by atoms with E-state index in [1.165, 1.54) is 4.90 Å². The van der Waals surface area contributed by atoms with Crippen molar-refractivity contribution in [3.8, 4) is 6.07 Å². The Hall–Kier alpha value is -3.33. The van der Waals surface area contributed by atoms with Crippen molar-refractivity contribution < 1.29 is 14.3 Å². The van der Waals surface area contributed by atoms with Crippen molar-refractivity contribution in [3.63, 3.8) is 0 Å². The smallest absolute Gasteiger partial charge is 0.414 e. The summed E-state index contributed by atoms with van der Waals surface area (Å²) >= 11 is 0. The first-order valence-electron chi connectivity index (χ1n) is 7.03. The molecule has 6 nitrogen and oxygen atoms in total. The first-order valence-corrected chi connectivity index (χ1v) is 7.03. The zero-order valence-electron chi connectivity index (χ0n) is 12.2. The van der Waals surface area contributed by atoms with Crippen molar-refractivity contribution in [1.82, 2.24) is 0 Å². The largest absolute Gasteiger partial charge is 0.447 e. The highest BCUT2D eigenvalue weighted by Gasteiger charge is 2.23. The van der Waals surface area contributed by atoms with E-state index in [-0.39, 0.29) is 12.0 Å². The van der Waals surface area contributed by atoms with Crippen molar-refractivity contribution in [2.75, 3.05) is 23.4 Å². The topological polar surface area (TPSA) is 82.4 Å². The third-order valence-electron chi connectivity index (χ3n) is 3.45. The fourth-order valence-corrected chi connectivity index (χ4v) is 2.28. The van der Waals surface area contributed by atoms with Crippen molar-refractivity contribution in [2.45, 2.75) is 0 Å². The number of carbonyl (C=O) groups is 2. The lowest BCUT2D eigenvalue weighted by Crippen LogP contribution is -2.23. The van der Waals surface area contributed by atoms with Crippen LogP contribution in [-0.4, -0.2) is 25.2 Å². The monoisotopic (exact) mass is 307 g/mol. The van der Waals surface area contributed by atoms with Gasteiger partial charge in [-0.05, 0) is 42.5 Å². The first-order chi connectivity index (χ1) is 11.2. The fourth-order valence-electron chi connectivity index (χ4n) is 2.28. The number of cyclic esters (lactones) is 1. The van der Waals surface area contributed by atoms with Gasteiger partial charge in [0.2, 0.25) is 0 Å². The van der Waals surface area contributed by atoms with Crippen molar-refractivity contribution in [3.05, 3.63) is 59.7 Å². The molecule has 0 spiro atoms. The average molecular weight is 307 g/mol. The average Bonchev–Trinajstić information content (AvgIpc) is 3.01. The first kappa shape index (κ1) is 14.6. The Labute approximate surface area is 132 Å². The predicted molar refractivity (Wildman–Crippen MR) is 84.2 cm³/mol. The molecule has 114 valence electrons. The standard InChI is InChI=1S/C17H13N3O3/c18-11-12-4-6-13(7-5-12)16(21)19-14-2-1-3-15(10-14)20-8-9-23-17(20)22/h1-7,10H,8-9H2,(H,19,21). The van der Waals surface area contributed by atoms with E-state index in [9.17, 15) is 9.59 Å². The molecule has 1 N–H and O–H groups in total. The molecule has 0 aromatic heterocycles. The van der Waals surface area contributed by atoms with Gasteiger partial charge in [0, 0.05) is 16.9 Å². The van der Waals surface area contributed by atoms with E-state index in [1.54, 1.807) is 48.5 Å². The van der Waals surface area contributed by atoms with Crippen LogP contribution in [0.5, 0.6) is 0 Å². The Bertz CT molecular complexity index is 793. The molecule has 0 radical (unpaired) electrons. The third-order valence-corrected chi connectivity index (χ3v) is 3.45. The summed E-state index contributed by atoms with van der Waals surface area (Å²) in [6.45, 7) is 0.854. The normalized spacial score (nSPS) is 13.3. The fraction of sp³-hybridized carbons (Fsp3) is 0.118. The molecule has 0 bridgehead atoms. The highest BCUT2D eigenvalue weighted by atomic mass is 16.6. The molecule has 1 heterocycles. The molecule has 0 saturated carbocycles. The van der Waals surface area contributed by atoms with Gasteiger partial charge >= 0.3 is 6.09 Å². The summed E-state index contributed by atoms with van der Waals surface area (Å²) in [6.07, 6.45) is -0.388. The molecule has 1 fully saturated rings. The third kappa shape index (κ3) is 3.14. The molecule has 1 aliphatic rings. The summed E-state index contributed by atoms with van der Waals surface area (Å²) in [7, 11) is 0. The second-order valence-electron chi connectivity index (χ2n) is 4.96. The molecule has 1 saturated heterocycles. The number of nitriles is 1. The number of anilines is 2. The predicted octanol–water partition coefficient (Wildman–Crippen LogP) is 2.77. The summed E-state index contributed by atoms with van der Waals surface area (Å²) in [4.78, 5) is 25.3. The van der Waals surface area contributed by atoms with Crippen LogP contribution in [-0.2, 0) is 4.74 Å². The summed E-state index contributed by atoms with van der Waals surface area (Å²) in [5, 5.41) is 11.5. The van der Waals surface area contributed by atoms with Crippen LogP contribution >= 0.6 is 0 Å². The minimum absolute atomic E-state index is 0.282. The summed E-state index contributed by atoms with van der Waals surface area (Å²) in [5.41, 5.74) is 2.20. The van der Waals surface area contributed by atoms with Crippen LogP contribution in [0.25, 0.3) is 0 Å². The van der Waals surface area contributed by atoms with E-state index < -0.39 is 0 Å². The van der Waals surface area contributed by atoms with Crippen LogP contribution in [0.1, 0.15) is 15.9 Å². The number of hydrogen-bond acceptors (Lipinski definition) is 4. The van der Waals surface area contributed by atoms with E-state index >= 15 is 0 Å². The lowest BCUT2D eigenvalue weighted by atomic mass is 10.1. The van der Waals surface area contributed by atoms with Gasteiger partial charge in [-0.2, -0.15) is 5.26 Å². The number of amides is 2. The van der Waals surface area contributed by atoms with Gasteiger partial charge in [0.05, 0.1) is 18.2 Å². The van der Waals surface area contributed by atoms with Crippen molar-refractivity contribution in [2.24, 2.45) is 0 Å². The zero-order valence-corrected chi connectivity index (χ0v) is 12.2. The van der Waals surface area contributed by atoms with Gasteiger partial charge in [-0.3, -0.25) is 9.69 Å². The maximum atomic E-state index is 12.2. The van der Waals surface area contributed by atoms with E-state index in [4.69, 9.17) is 10.00 Å². The number of benzene rings is 2. The van der Waals surface area contributed by atoms with Gasteiger partial charge in [0.1, 0.15) is 6.61 Å². The van der Waals surface area contributed by atoms with Gasteiger partial charge in [0.25, 0.3) is 5.91 Å². The van der Waals surface area contributed by atoms with E-state index in [2.05, 4.69) is 5.32 Å². The van der Waals surface area contributed by atoms with Crippen molar-refractivity contribution >= 4 is 23.4 Å². The maximum absolute atomic E-state index is 12.2. The van der Waals surface area contributed by atoms with Crippen LogP contribution in [0, 0.1) is 11.3 Å². The molecule has 1 aliphatic heterocycles. The molecule has 0 aliphatic carbocycles. The number of rotatable bonds is 3. The molecule has 0 atom stereocenters. The molecule has 23 heavy (non-hydrogen) atoms. The zero-order chi connectivity index (χ0) is 16.2. The van der Waals surface area contributed by atoms with E-state index in [0.717, 1.165) is 0 Å². The Morgan fingerprint density at radius 3 is 2.65 bits per heavy atom. The summed E-state index contributed by atoms with van der Waals surface area (Å²) in [5.74, 6) is -0.282. The molecule has 3 rings (SSSR count). The quantitative estimate of drug-likeness (QED) is 0.945. The SMILES string of the molecule is N#Cc1ccc(C(=O)Nc2cccc(N3CCOC3=O)c2)cc1. The van der Waals surface area contributed by atoms with Crippen LogP contribution in [0.2, 0.25) is 0 Å². The Morgan fingerprint density at radius 2 is 2.00 bits per heavy atom. The molecule has 0 unspecified atom stereocenters. The second kappa shape index (κ2) is 6.20. The highest BCUT2D eigenvalue weighted by Crippen LogP contribution is 2.22. The van der Waals surface area contributed by atoms with Crippen molar-refractivity contribution in [1.29, 1.82) is 5.26 Å². The number of ether oxygens (including phenoxy) is 1. The molecule has 2 amide bonds. The van der Waals surface area contributed by atoms with Gasteiger partial charge in [-0.15, -0.1) is 0 Å². The highest BCUT2D eigenvalue weighted by molar-refractivity contribution is 6.04. The lowest BCUT2D eigenvalue weighted by Gasteiger charge is -2.14. The maximum Gasteiger partial charge on any atom is 0.414 e. The Kier molecular flexibility index (Phi) is 3.93. The minimum atomic E-state index is -0.388. The molecule has 2 aromatic carbocycles. The summed E-state index contributed by atoms with van der Waals surface area (Å²) in [6, 6.07) is 15.4. The van der Waals surface area contributed by atoms with Gasteiger partial charge in [0.15, 0.2) is 0 Å². The molecular formula is C17H13N3O3. The molecule has 2 aromatic rings. The van der Waals surface area contributed by atoms with Gasteiger partial charge in [-0.25, -0.2) is 4.79 Å². The van der Waals surface area contributed by atoms with Crippen LogP contribution in [0.15, 0.2) is 48.5 Å². The number of hydrogen-bond donors (Lipinski definition) is 1. The van der Waals surface area contributed by atoms with Crippen LogP contribution < -0.4 is 10.2 Å². The minimum Gasteiger partial charge on any atom is -0.447 e. The number of carbonyl (C=O) groups excluding carboxylic acids is 2.